The summed E-state index contributed by atoms with van der Waals surface area (Å²) in [6, 6.07) is 16.2. The summed E-state index contributed by atoms with van der Waals surface area (Å²) >= 11 is 0. The normalized spacial score (nSPS) is 10.9. The molecule has 2 rings (SSSR count). The van der Waals surface area contributed by atoms with E-state index in [4.69, 9.17) is 4.84 Å². The summed E-state index contributed by atoms with van der Waals surface area (Å²) in [5.74, 6) is -0.401. The highest BCUT2D eigenvalue weighted by atomic mass is 16.7. The average molecular weight is 269 g/mol. The van der Waals surface area contributed by atoms with Crippen LogP contribution in [-0.4, -0.2) is 25.1 Å². The van der Waals surface area contributed by atoms with Gasteiger partial charge in [0.05, 0.1) is 16.9 Å². The number of hydrogen-bond donors (Lipinski definition) is 0. The standard InChI is InChI=1S/C15H15N3O2/c1-18(2)20-15(19)12-8-10-14(11-9-12)17-16-13-6-4-3-5-7-13/h3-11H,1-2H3. The summed E-state index contributed by atoms with van der Waals surface area (Å²) in [5, 5.41) is 9.55. The van der Waals surface area contributed by atoms with E-state index in [1.807, 2.05) is 30.3 Å². The van der Waals surface area contributed by atoms with E-state index < -0.39 is 5.97 Å². The summed E-state index contributed by atoms with van der Waals surface area (Å²) in [6.07, 6.45) is 0. The third-order valence-electron chi connectivity index (χ3n) is 2.41. The van der Waals surface area contributed by atoms with Crippen LogP contribution >= 0.6 is 0 Å². The minimum Gasteiger partial charge on any atom is -0.364 e. The topological polar surface area (TPSA) is 54.3 Å². The Morgan fingerprint density at radius 2 is 1.45 bits per heavy atom. The molecule has 0 aliphatic heterocycles. The highest BCUT2D eigenvalue weighted by molar-refractivity contribution is 5.89. The van der Waals surface area contributed by atoms with Gasteiger partial charge in [0, 0.05) is 14.1 Å². The van der Waals surface area contributed by atoms with Gasteiger partial charge in [-0.2, -0.15) is 10.2 Å². The predicted molar refractivity (Wildman–Crippen MR) is 76.2 cm³/mol. The van der Waals surface area contributed by atoms with Crippen LogP contribution in [0.15, 0.2) is 64.8 Å². The van der Waals surface area contributed by atoms with Crippen LogP contribution in [0.5, 0.6) is 0 Å². The van der Waals surface area contributed by atoms with E-state index in [-0.39, 0.29) is 0 Å². The van der Waals surface area contributed by atoms with E-state index in [0.29, 0.717) is 11.3 Å². The molecule has 2 aromatic carbocycles. The van der Waals surface area contributed by atoms with Crippen molar-refractivity contribution in [2.24, 2.45) is 10.2 Å². The fourth-order valence-electron chi connectivity index (χ4n) is 1.49. The molecule has 5 heteroatoms. The SMILES string of the molecule is CN(C)OC(=O)c1ccc(N=Nc2ccccc2)cc1. The molecule has 0 N–H and O–H groups in total. The molecule has 0 radical (unpaired) electrons. The highest BCUT2D eigenvalue weighted by Gasteiger charge is 2.07. The molecule has 0 aromatic heterocycles. The summed E-state index contributed by atoms with van der Waals surface area (Å²) in [7, 11) is 3.31. The van der Waals surface area contributed by atoms with E-state index in [1.165, 1.54) is 5.06 Å². The number of rotatable bonds is 4. The van der Waals surface area contributed by atoms with Crippen LogP contribution in [0.4, 0.5) is 11.4 Å². The highest BCUT2D eigenvalue weighted by Crippen LogP contribution is 2.18. The molecule has 0 spiro atoms. The second-order valence-corrected chi connectivity index (χ2v) is 4.27. The Morgan fingerprint density at radius 3 is 2.00 bits per heavy atom. The van der Waals surface area contributed by atoms with E-state index in [0.717, 1.165) is 5.69 Å². The number of benzene rings is 2. The molecule has 2 aromatic rings. The molecule has 0 saturated carbocycles. The van der Waals surface area contributed by atoms with Crippen molar-refractivity contribution < 1.29 is 9.63 Å². The van der Waals surface area contributed by atoms with Gasteiger partial charge in [0.25, 0.3) is 0 Å². The van der Waals surface area contributed by atoms with Crippen molar-refractivity contribution in [1.29, 1.82) is 0 Å². The Kier molecular flexibility index (Phi) is 4.57. The van der Waals surface area contributed by atoms with E-state index in [9.17, 15) is 4.79 Å². The third kappa shape index (κ3) is 4.00. The smallest absolute Gasteiger partial charge is 0.356 e. The van der Waals surface area contributed by atoms with Crippen LogP contribution < -0.4 is 0 Å². The lowest BCUT2D eigenvalue weighted by Crippen LogP contribution is -2.18. The molecule has 0 aliphatic rings. The lowest BCUT2D eigenvalue weighted by molar-refractivity contribution is -0.0713. The number of carbonyl (C=O) groups is 1. The predicted octanol–water partition coefficient (Wildman–Crippen LogP) is 3.74. The van der Waals surface area contributed by atoms with Gasteiger partial charge in [-0.3, -0.25) is 0 Å². The lowest BCUT2D eigenvalue weighted by Gasteiger charge is -2.09. The summed E-state index contributed by atoms with van der Waals surface area (Å²) in [4.78, 5) is 16.6. The van der Waals surface area contributed by atoms with Crippen molar-refractivity contribution in [3.63, 3.8) is 0 Å². The van der Waals surface area contributed by atoms with Crippen molar-refractivity contribution in [2.75, 3.05) is 14.1 Å². The van der Waals surface area contributed by atoms with Crippen LogP contribution in [0.25, 0.3) is 0 Å². The molecule has 20 heavy (non-hydrogen) atoms. The fourth-order valence-corrected chi connectivity index (χ4v) is 1.49. The van der Waals surface area contributed by atoms with Gasteiger partial charge in [0.15, 0.2) is 0 Å². The third-order valence-corrected chi connectivity index (χ3v) is 2.41. The first kappa shape index (κ1) is 13.9. The van der Waals surface area contributed by atoms with Gasteiger partial charge in [-0.25, -0.2) is 4.79 Å². The van der Waals surface area contributed by atoms with E-state index in [2.05, 4.69) is 10.2 Å². The minimum absolute atomic E-state index is 0.401. The molecule has 0 heterocycles. The van der Waals surface area contributed by atoms with Crippen molar-refractivity contribution in [3.8, 4) is 0 Å². The molecule has 0 saturated heterocycles. The maximum atomic E-state index is 11.6. The van der Waals surface area contributed by atoms with Gasteiger partial charge in [0.1, 0.15) is 0 Å². The Bertz CT molecular complexity index is 592. The first-order valence-electron chi connectivity index (χ1n) is 6.11. The average Bonchev–Trinajstić information content (AvgIpc) is 2.46. The molecular weight excluding hydrogens is 254 g/mol. The number of hydrogen-bond acceptors (Lipinski definition) is 5. The van der Waals surface area contributed by atoms with Gasteiger partial charge in [-0.1, -0.05) is 18.2 Å². The minimum atomic E-state index is -0.401. The van der Waals surface area contributed by atoms with Crippen LogP contribution in [0.2, 0.25) is 0 Å². The van der Waals surface area contributed by atoms with Crippen LogP contribution in [-0.2, 0) is 4.84 Å². The summed E-state index contributed by atoms with van der Waals surface area (Å²) in [6.45, 7) is 0. The zero-order valence-electron chi connectivity index (χ0n) is 11.4. The molecule has 102 valence electrons. The van der Waals surface area contributed by atoms with Crippen LogP contribution in [0.1, 0.15) is 10.4 Å². The maximum absolute atomic E-state index is 11.6. The molecule has 0 bridgehead atoms. The van der Waals surface area contributed by atoms with Crippen molar-refractivity contribution in [2.45, 2.75) is 0 Å². The van der Waals surface area contributed by atoms with Gasteiger partial charge in [-0.15, -0.1) is 5.06 Å². The Labute approximate surface area is 117 Å². The van der Waals surface area contributed by atoms with Gasteiger partial charge >= 0.3 is 5.97 Å². The second kappa shape index (κ2) is 6.58. The summed E-state index contributed by atoms with van der Waals surface area (Å²) < 4.78 is 0. The van der Waals surface area contributed by atoms with Gasteiger partial charge in [0.2, 0.25) is 0 Å². The lowest BCUT2D eigenvalue weighted by atomic mass is 10.2. The van der Waals surface area contributed by atoms with Crippen LogP contribution in [0.3, 0.4) is 0 Å². The largest absolute Gasteiger partial charge is 0.364 e. The molecular formula is C15H15N3O2. The monoisotopic (exact) mass is 269 g/mol. The molecule has 0 aliphatic carbocycles. The molecule has 5 nitrogen and oxygen atoms in total. The molecule has 0 atom stereocenters. The van der Waals surface area contributed by atoms with Gasteiger partial charge < -0.3 is 4.84 Å². The number of hydroxylamine groups is 2. The Balaban J connectivity index is 2.05. The number of nitrogens with zero attached hydrogens (tertiary/aromatic N) is 3. The molecule has 0 fully saturated rings. The first-order valence-corrected chi connectivity index (χ1v) is 6.11. The summed E-state index contributed by atoms with van der Waals surface area (Å²) in [5.41, 5.74) is 1.93. The van der Waals surface area contributed by atoms with Crippen molar-refractivity contribution in [3.05, 3.63) is 60.2 Å². The maximum Gasteiger partial charge on any atom is 0.356 e. The Morgan fingerprint density at radius 1 is 0.900 bits per heavy atom. The zero-order chi connectivity index (χ0) is 14.4. The van der Waals surface area contributed by atoms with Gasteiger partial charge in [-0.05, 0) is 36.4 Å². The van der Waals surface area contributed by atoms with E-state index >= 15 is 0 Å². The zero-order valence-corrected chi connectivity index (χ0v) is 11.4. The Hall–Kier alpha value is -2.53. The van der Waals surface area contributed by atoms with E-state index in [1.54, 1.807) is 38.4 Å². The quantitative estimate of drug-likeness (QED) is 0.627. The second-order valence-electron chi connectivity index (χ2n) is 4.27. The van der Waals surface area contributed by atoms with Crippen LogP contribution in [0, 0.1) is 0 Å². The first-order chi connectivity index (χ1) is 9.65. The molecule has 0 unspecified atom stereocenters. The molecule has 0 amide bonds. The number of carbonyl (C=O) groups excluding carboxylic acids is 1. The van der Waals surface area contributed by atoms with Crippen molar-refractivity contribution in [1.82, 2.24) is 5.06 Å². The number of azo groups is 1. The van der Waals surface area contributed by atoms with Crippen molar-refractivity contribution >= 4 is 17.3 Å². The fraction of sp³-hybridized carbons (Fsp3) is 0.133.